The number of fused-ring (bicyclic) bond motifs is 1. The molecule has 0 bridgehead atoms. The molecule has 1 amide bonds. The van der Waals surface area contributed by atoms with Gasteiger partial charge in [-0.05, 0) is 32.0 Å². The van der Waals surface area contributed by atoms with Crippen LogP contribution in [-0.2, 0) is 26.2 Å². The molecule has 0 radical (unpaired) electrons. The van der Waals surface area contributed by atoms with Gasteiger partial charge in [-0.25, -0.2) is 4.98 Å². The first-order valence-electron chi connectivity index (χ1n) is 11.7. The van der Waals surface area contributed by atoms with Crippen LogP contribution in [0.1, 0.15) is 46.1 Å². The molecule has 5 aromatic rings. The highest BCUT2D eigenvalue weighted by atomic mass is 19.4. The van der Waals surface area contributed by atoms with Gasteiger partial charge in [0.15, 0.2) is 11.5 Å². The van der Waals surface area contributed by atoms with E-state index in [2.05, 4.69) is 30.6 Å². The molecule has 0 aliphatic rings. The van der Waals surface area contributed by atoms with Gasteiger partial charge >= 0.3 is 6.18 Å². The predicted molar refractivity (Wildman–Crippen MR) is 131 cm³/mol. The van der Waals surface area contributed by atoms with Crippen molar-refractivity contribution in [3.63, 3.8) is 0 Å². The smallest absolute Gasteiger partial charge is 0.337 e. The van der Waals surface area contributed by atoms with Gasteiger partial charge in [0, 0.05) is 18.9 Å². The summed E-state index contributed by atoms with van der Waals surface area (Å²) in [4.78, 5) is 22.3. The van der Waals surface area contributed by atoms with Crippen LogP contribution in [0, 0.1) is 13.8 Å². The largest absolute Gasteiger partial charge is 0.437 e. The molecule has 1 aromatic carbocycles. The number of hydrogen-bond donors (Lipinski definition) is 1. The Hall–Kier alpha value is -4.55. The topological polar surface area (TPSA) is 117 Å². The van der Waals surface area contributed by atoms with Gasteiger partial charge in [-0.3, -0.25) is 14.2 Å². The molecule has 0 atom stereocenters. The number of carbonyl (C=O) groups excluding carboxylic acids is 1. The van der Waals surface area contributed by atoms with E-state index in [-0.39, 0.29) is 23.7 Å². The molecule has 196 valence electrons. The van der Waals surface area contributed by atoms with Gasteiger partial charge in [-0.15, -0.1) is 0 Å². The molecule has 0 spiro atoms. The normalized spacial score (nSPS) is 11.9. The number of amides is 1. The zero-order chi connectivity index (χ0) is 27.2. The van der Waals surface area contributed by atoms with Crippen LogP contribution >= 0.6 is 0 Å². The summed E-state index contributed by atoms with van der Waals surface area (Å²) < 4.78 is 49.8. The molecular weight excluding hydrogens is 501 g/mol. The number of halogens is 3. The number of rotatable bonds is 6. The molecule has 4 aromatic heterocycles. The minimum Gasteiger partial charge on any atom is -0.337 e. The summed E-state index contributed by atoms with van der Waals surface area (Å²) in [5.74, 6) is -0.198. The van der Waals surface area contributed by atoms with Crippen molar-refractivity contribution >= 4 is 22.5 Å². The second-order valence-corrected chi connectivity index (χ2v) is 8.74. The minimum atomic E-state index is -4.82. The molecular formula is C25H23F3N8O2. The first kappa shape index (κ1) is 25.1. The highest BCUT2D eigenvalue weighted by Crippen LogP contribution is 2.36. The van der Waals surface area contributed by atoms with E-state index in [1.165, 1.54) is 6.92 Å². The van der Waals surface area contributed by atoms with Crippen LogP contribution in [0.2, 0.25) is 0 Å². The van der Waals surface area contributed by atoms with Crippen molar-refractivity contribution in [2.24, 2.45) is 7.05 Å². The standard InChI is InChI=1S/C25H23F3N8O2/c1-5-20-30-21(38-34-20)12-36-14(3)22(23(33-36)25(26,27)28)31-24(37)16-11-18(19-10-13(2)32-35(19)4)29-17-9-7-6-8-15(16)17/h6-11H,5,12H2,1-4H3,(H,31,37). The Morgan fingerprint density at radius 1 is 1.11 bits per heavy atom. The molecule has 0 saturated heterocycles. The number of carbonyl (C=O) groups is 1. The molecule has 10 nitrogen and oxygen atoms in total. The van der Waals surface area contributed by atoms with Gasteiger partial charge in [-0.1, -0.05) is 30.3 Å². The Balaban J connectivity index is 1.57. The van der Waals surface area contributed by atoms with Gasteiger partial charge in [0.05, 0.1) is 39.5 Å². The van der Waals surface area contributed by atoms with E-state index in [0.29, 0.717) is 34.5 Å². The van der Waals surface area contributed by atoms with Crippen LogP contribution in [0.4, 0.5) is 18.9 Å². The summed E-state index contributed by atoms with van der Waals surface area (Å²) in [6, 6.07) is 10.3. The Morgan fingerprint density at radius 2 is 1.87 bits per heavy atom. The fourth-order valence-electron chi connectivity index (χ4n) is 4.20. The van der Waals surface area contributed by atoms with Crippen LogP contribution < -0.4 is 5.32 Å². The molecule has 0 aliphatic heterocycles. The Bertz CT molecular complexity index is 1670. The molecule has 0 unspecified atom stereocenters. The summed E-state index contributed by atoms with van der Waals surface area (Å²) in [7, 11) is 1.75. The summed E-state index contributed by atoms with van der Waals surface area (Å²) in [6.45, 7) is 4.91. The average Bonchev–Trinajstić information content (AvgIpc) is 3.56. The van der Waals surface area contributed by atoms with Crippen molar-refractivity contribution in [1.82, 2.24) is 34.7 Å². The van der Waals surface area contributed by atoms with Crippen molar-refractivity contribution < 1.29 is 22.5 Å². The monoisotopic (exact) mass is 524 g/mol. The maximum Gasteiger partial charge on any atom is 0.437 e. The Labute approximate surface area is 214 Å². The molecule has 0 saturated carbocycles. The molecule has 5 rings (SSSR count). The van der Waals surface area contributed by atoms with E-state index in [1.807, 2.05) is 19.9 Å². The van der Waals surface area contributed by atoms with Gasteiger partial charge in [0.25, 0.3) is 5.91 Å². The fourth-order valence-corrected chi connectivity index (χ4v) is 4.20. The fraction of sp³-hybridized carbons (Fsp3) is 0.280. The van der Waals surface area contributed by atoms with Crippen molar-refractivity contribution in [2.45, 2.75) is 39.9 Å². The van der Waals surface area contributed by atoms with Crippen LogP contribution in [-0.4, -0.2) is 40.6 Å². The third-order valence-electron chi connectivity index (χ3n) is 6.05. The minimum absolute atomic E-state index is 0.0859. The van der Waals surface area contributed by atoms with Crippen molar-refractivity contribution in [3.05, 3.63) is 70.8 Å². The number of aryl methyl sites for hydroxylation is 3. The van der Waals surface area contributed by atoms with Crippen molar-refractivity contribution in [2.75, 3.05) is 5.32 Å². The third kappa shape index (κ3) is 4.62. The zero-order valence-corrected chi connectivity index (χ0v) is 21.0. The van der Waals surface area contributed by atoms with Crippen LogP contribution in [0.15, 0.2) is 40.9 Å². The van der Waals surface area contributed by atoms with E-state index < -0.39 is 23.5 Å². The number of para-hydroxylation sites is 1. The molecule has 1 N–H and O–H groups in total. The Kier molecular flexibility index (Phi) is 6.21. The summed E-state index contributed by atoms with van der Waals surface area (Å²) in [5, 5.41) is 14.8. The SMILES string of the molecule is CCc1noc(Cn2nc(C(F)(F)F)c(NC(=O)c3cc(-c4cc(C)nn4C)nc4ccccc34)c2C)n1. The lowest BCUT2D eigenvalue weighted by molar-refractivity contribution is -0.140. The number of hydrogen-bond acceptors (Lipinski definition) is 7. The lowest BCUT2D eigenvalue weighted by atomic mass is 10.1. The van der Waals surface area contributed by atoms with Crippen LogP contribution in [0.25, 0.3) is 22.3 Å². The van der Waals surface area contributed by atoms with Gasteiger partial charge in [-0.2, -0.15) is 28.4 Å². The van der Waals surface area contributed by atoms with Crippen LogP contribution in [0.3, 0.4) is 0 Å². The second-order valence-electron chi connectivity index (χ2n) is 8.74. The molecule has 4 heterocycles. The highest BCUT2D eigenvalue weighted by molar-refractivity contribution is 6.13. The molecule has 38 heavy (non-hydrogen) atoms. The quantitative estimate of drug-likeness (QED) is 0.342. The summed E-state index contributed by atoms with van der Waals surface area (Å²) in [6.07, 6.45) is -4.31. The van der Waals surface area contributed by atoms with E-state index in [0.717, 1.165) is 10.4 Å². The predicted octanol–water partition coefficient (Wildman–Crippen LogP) is 4.71. The number of pyridine rings is 1. The number of nitrogens with one attached hydrogen (secondary N) is 1. The van der Waals surface area contributed by atoms with Gasteiger partial charge in [0.1, 0.15) is 6.54 Å². The highest BCUT2D eigenvalue weighted by Gasteiger charge is 2.39. The molecule has 0 aliphatic carbocycles. The van der Waals surface area contributed by atoms with E-state index in [1.54, 1.807) is 42.1 Å². The number of anilines is 1. The average molecular weight is 525 g/mol. The number of aromatic nitrogens is 7. The molecule has 13 heteroatoms. The first-order chi connectivity index (χ1) is 18.0. The first-order valence-corrected chi connectivity index (χ1v) is 11.7. The number of alkyl halides is 3. The zero-order valence-electron chi connectivity index (χ0n) is 21.0. The molecule has 0 fully saturated rings. The third-order valence-corrected chi connectivity index (χ3v) is 6.05. The van der Waals surface area contributed by atoms with Gasteiger partial charge in [0.2, 0.25) is 5.89 Å². The summed E-state index contributed by atoms with van der Waals surface area (Å²) >= 11 is 0. The summed E-state index contributed by atoms with van der Waals surface area (Å²) in [5.41, 5.74) is 0.971. The van der Waals surface area contributed by atoms with Crippen LogP contribution in [0.5, 0.6) is 0 Å². The van der Waals surface area contributed by atoms with E-state index in [4.69, 9.17) is 4.52 Å². The number of nitrogens with zero attached hydrogens (tertiary/aromatic N) is 7. The number of benzene rings is 1. The maximum absolute atomic E-state index is 14.0. The lowest BCUT2D eigenvalue weighted by Gasteiger charge is -2.12. The lowest BCUT2D eigenvalue weighted by Crippen LogP contribution is -2.17. The van der Waals surface area contributed by atoms with E-state index in [9.17, 15) is 18.0 Å². The van der Waals surface area contributed by atoms with E-state index >= 15 is 0 Å². The van der Waals surface area contributed by atoms with Crippen molar-refractivity contribution in [3.8, 4) is 11.4 Å². The van der Waals surface area contributed by atoms with Crippen molar-refractivity contribution in [1.29, 1.82) is 0 Å². The Morgan fingerprint density at radius 3 is 2.53 bits per heavy atom. The van der Waals surface area contributed by atoms with Gasteiger partial charge < -0.3 is 9.84 Å². The second kappa shape index (κ2) is 9.39. The maximum atomic E-state index is 14.0.